The van der Waals surface area contributed by atoms with Crippen molar-refractivity contribution in [1.82, 2.24) is 9.88 Å². The van der Waals surface area contributed by atoms with Crippen molar-refractivity contribution in [2.24, 2.45) is 11.8 Å². The van der Waals surface area contributed by atoms with Gasteiger partial charge in [-0.3, -0.25) is 9.59 Å². The fourth-order valence-electron chi connectivity index (χ4n) is 3.66. The number of nitrogens with one attached hydrogen (secondary N) is 2. The number of aromatic nitrogens is 1. The molecule has 0 saturated heterocycles. The smallest absolute Gasteiger partial charge is 0.243 e. The Hall–Kier alpha value is -2.82. The van der Waals surface area contributed by atoms with E-state index >= 15 is 0 Å². The van der Waals surface area contributed by atoms with E-state index in [9.17, 15) is 9.59 Å². The molecular weight excluding hydrogens is 326 g/mol. The van der Waals surface area contributed by atoms with Gasteiger partial charge < -0.3 is 15.2 Å². The summed E-state index contributed by atoms with van der Waals surface area (Å²) in [7, 11) is 0. The zero-order chi connectivity index (χ0) is 18.3. The molecule has 1 aliphatic carbocycles. The van der Waals surface area contributed by atoms with E-state index in [0.29, 0.717) is 5.92 Å². The molecular formula is C21H23N3O2. The lowest BCUT2D eigenvalue weighted by Crippen LogP contribution is -2.34. The third kappa shape index (κ3) is 2.94. The van der Waals surface area contributed by atoms with Gasteiger partial charge in [0.05, 0.1) is 6.54 Å². The summed E-state index contributed by atoms with van der Waals surface area (Å²) >= 11 is 0. The number of fused-ring (bicyclic) bond motifs is 3. The predicted molar refractivity (Wildman–Crippen MR) is 104 cm³/mol. The maximum Gasteiger partial charge on any atom is 0.243 e. The van der Waals surface area contributed by atoms with Crippen molar-refractivity contribution in [3.05, 3.63) is 42.5 Å². The molecule has 0 aliphatic heterocycles. The molecule has 26 heavy (non-hydrogen) atoms. The predicted octanol–water partition coefficient (Wildman–Crippen LogP) is 3.53. The van der Waals surface area contributed by atoms with Crippen molar-refractivity contribution in [3.8, 4) is 0 Å². The zero-order valence-corrected chi connectivity index (χ0v) is 15.1. The van der Waals surface area contributed by atoms with E-state index < -0.39 is 0 Å². The van der Waals surface area contributed by atoms with E-state index in [1.807, 2.05) is 37.3 Å². The van der Waals surface area contributed by atoms with Crippen molar-refractivity contribution < 1.29 is 9.59 Å². The number of hydrogen-bond acceptors (Lipinski definition) is 2. The Morgan fingerprint density at radius 2 is 1.85 bits per heavy atom. The lowest BCUT2D eigenvalue weighted by molar-refractivity contribution is -0.125. The minimum Gasteiger partial charge on any atom is -0.347 e. The van der Waals surface area contributed by atoms with Crippen LogP contribution in [0.1, 0.15) is 20.3 Å². The summed E-state index contributed by atoms with van der Waals surface area (Å²) in [6, 6.07) is 14.3. The number of carbonyl (C=O) groups excluding carboxylic acids is 2. The Labute approximate surface area is 152 Å². The van der Waals surface area contributed by atoms with Gasteiger partial charge in [0.15, 0.2) is 0 Å². The van der Waals surface area contributed by atoms with Crippen LogP contribution in [0, 0.1) is 11.8 Å². The molecule has 1 saturated carbocycles. The molecule has 2 aromatic carbocycles. The zero-order valence-electron chi connectivity index (χ0n) is 15.1. The van der Waals surface area contributed by atoms with Crippen LogP contribution < -0.4 is 10.6 Å². The summed E-state index contributed by atoms with van der Waals surface area (Å²) in [6.45, 7) is 5.08. The van der Waals surface area contributed by atoms with Gasteiger partial charge in [-0.25, -0.2) is 0 Å². The van der Waals surface area contributed by atoms with Gasteiger partial charge in [0, 0.05) is 40.0 Å². The molecule has 0 unspecified atom stereocenters. The van der Waals surface area contributed by atoms with Crippen LogP contribution in [-0.2, 0) is 16.1 Å². The lowest BCUT2D eigenvalue weighted by Gasteiger charge is -2.08. The summed E-state index contributed by atoms with van der Waals surface area (Å²) in [5.74, 6) is 0.301. The molecule has 0 spiro atoms. The average molecular weight is 349 g/mol. The lowest BCUT2D eigenvalue weighted by atomic mass is 10.1. The van der Waals surface area contributed by atoms with Crippen molar-refractivity contribution >= 4 is 39.3 Å². The van der Waals surface area contributed by atoms with Crippen LogP contribution in [0.4, 0.5) is 5.69 Å². The van der Waals surface area contributed by atoms with Gasteiger partial charge in [0.25, 0.3) is 0 Å². The number of para-hydroxylation sites is 1. The molecule has 2 N–H and O–H groups in total. The molecule has 5 nitrogen and oxygen atoms in total. The molecule has 3 aromatic rings. The normalized spacial score (nSPS) is 18.8. The van der Waals surface area contributed by atoms with Crippen molar-refractivity contribution in [3.63, 3.8) is 0 Å². The molecule has 0 bridgehead atoms. The Morgan fingerprint density at radius 1 is 1.12 bits per heavy atom. The number of rotatable bonds is 5. The molecule has 2 atom stereocenters. The first-order valence-electron chi connectivity index (χ1n) is 9.17. The summed E-state index contributed by atoms with van der Waals surface area (Å²) in [4.78, 5) is 24.0. The summed E-state index contributed by atoms with van der Waals surface area (Å²) in [6.07, 6.45) is 0.922. The van der Waals surface area contributed by atoms with Crippen molar-refractivity contribution in [2.75, 3.05) is 11.9 Å². The average Bonchev–Trinajstić information content (AvgIpc) is 3.30. The second-order valence-corrected chi connectivity index (χ2v) is 7.08. The van der Waals surface area contributed by atoms with Crippen molar-refractivity contribution in [1.29, 1.82) is 0 Å². The molecule has 1 heterocycles. The Balaban J connectivity index is 1.53. The van der Waals surface area contributed by atoms with Gasteiger partial charge >= 0.3 is 0 Å². The van der Waals surface area contributed by atoms with Gasteiger partial charge in [-0.1, -0.05) is 25.1 Å². The van der Waals surface area contributed by atoms with Crippen LogP contribution in [0.2, 0.25) is 0 Å². The highest BCUT2D eigenvalue weighted by atomic mass is 16.2. The summed E-state index contributed by atoms with van der Waals surface area (Å²) < 4.78 is 2.27. The van der Waals surface area contributed by atoms with Crippen LogP contribution in [0.15, 0.2) is 42.5 Å². The fraction of sp³-hybridized carbons (Fsp3) is 0.333. The third-order valence-corrected chi connectivity index (χ3v) is 5.24. The van der Waals surface area contributed by atoms with E-state index in [1.165, 1.54) is 10.9 Å². The number of carbonyl (C=O) groups is 2. The minimum atomic E-state index is -0.203. The van der Waals surface area contributed by atoms with E-state index in [-0.39, 0.29) is 24.3 Å². The van der Waals surface area contributed by atoms with Gasteiger partial charge in [-0.15, -0.1) is 0 Å². The van der Waals surface area contributed by atoms with Gasteiger partial charge in [0.2, 0.25) is 11.8 Å². The molecule has 1 aliphatic rings. The second-order valence-electron chi connectivity index (χ2n) is 7.08. The monoisotopic (exact) mass is 349 g/mol. The molecule has 4 rings (SSSR count). The third-order valence-electron chi connectivity index (χ3n) is 5.24. The largest absolute Gasteiger partial charge is 0.347 e. The topological polar surface area (TPSA) is 63.1 Å². The maximum absolute atomic E-state index is 12.2. The minimum absolute atomic E-state index is 0.0107. The molecule has 5 heteroatoms. The van der Waals surface area contributed by atoms with E-state index in [4.69, 9.17) is 0 Å². The van der Waals surface area contributed by atoms with Crippen LogP contribution in [0.25, 0.3) is 21.8 Å². The maximum atomic E-state index is 12.2. The van der Waals surface area contributed by atoms with Crippen LogP contribution >= 0.6 is 0 Å². The molecule has 1 fully saturated rings. The first-order chi connectivity index (χ1) is 12.6. The Morgan fingerprint density at radius 3 is 2.58 bits per heavy atom. The van der Waals surface area contributed by atoms with E-state index in [2.05, 4.69) is 34.3 Å². The first-order valence-corrected chi connectivity index (χ1v) is 9.17. The molecule has 0 radical (unpaired) electrons. The number of aryl methyl sites for hydroxylation is 1. The van der Waals surface area contributed by atoms with Crippen LogP contribution in [-0.4, -0.2) is 22.9 Å². The summed E-state index contributed by atoms with van der Waals surface area (Å²) in [5.41, 5.74) is 3.09. The SMILES string of the molecule is CCn1c2ccccc2c2cc(NC(=O)CNC(=O)[C@@H]3C[C@H]3C)ccc21. The quantitative estimate of drug-likeness (QED) is 0.740. The second kappa shape index (κ2) is 6.48. The van der Waals surface area contributed by atoms with Crippen LogP contribution in [0.3, 0.4) is 0 Å². The first kappa shape index (κ1) is 16.6. The van der Waals surface area contributed by atoms with E-state index in [0.717, 1.165) is 29.6 Å². The molecule has 2 amide bonds. The molecule has 1 aromatic heterocycles. The Kier molecular flexibility index (Phi) is 4.15. The number of benzene rings is 2. The fourth-order valence-corrected chi connectivity index (χ4v) is 3.66. The number of nitrogens with zero attached hydrogens (tertiary/aromatic N) is 1. The van der Waals surface area contributed by atoms with Gasteiger partial charge in [-0.05, 0) is 43.5 Å². The number of hydrogen-bond donors (Lipinski definition) is 2. The molecule has 134 valence electrons. The highest BCUT2D eigenvalue weighted by molar-refractivity contribution is 6.10. The highest BCUT2D eigenvalue weighted by Gasteiger charge is 2.38. The van der Waals surface area contributed by atoms with Crippen molar-refractivity contribution in [2.45, 2.75) is 26.8 Å². The van der Waals surface area contributed by atoms with Gasteiger partial charge in [-0.2, -0.15) is 0 Å². The number of anilines is 1. The van der Waals surface area contributed by atoms with Gasteiger partial charge in [0.1, 0.15) is 0 Å². The summed E-state index contributed by atoms with van der Waals surface area (Å²) in [5, 5.41) is 7.91. The van der Waals surface area contributed by atoms with E-state index in [1.54, 1.807) is 0 Å². The highest BCUT2D eigenvalue weighted by Crippen LogP contribution is 2.37. The van der Waals surface area contributed by atoms with Crippen LogP contribution in [0.5, 0.6) is 0 Å². The Bertz CT molecular complexity index is 1010. The standard InChI is InChI=1S/C21H23N3O2/c1-3-24-18-7-5-4-6-15(18)17-11-14(8-9-19(17)24)23-20(25)12-22-21(26)16-10-13(16)2/h4-9,11,13,16H,3,10,12H2,1-2H3,(H,22,26)(H,23,25)/t13-,16-/m1/s1. The number of amides is 2.